The Morgan fingerprint density at radius 1 is 0.829 bits per heavy atom. The first-order valence-corrected chi connectivity index (χ1v) is 15.9. The molecule has 0 bridgehead atoms. The van der Waals surface area contributed by atoms with E-state index in [2.05, 4.69) is 23.5 Å². The van der Waals surface area contributed by atoms with Gasteiger partial charge in [0.2, 0.25) is 0 Å². The standard InChI is InChI=1S/C32H41Cl2N3O3S/c1-19(2)30(36(8)9)18-37(17-25-10-15-28(33)29(34)16-25)32(38)26-11-13-27(14-12-26)35-41(39,40)31-23(6)21(4)20(3)22(5)24(31)7/h10-16,19,30,35H,17-18H2,1-9H3. The number of nitrogens with zero attached hydrogens (tertiary/aromatic N) is 2. The number of amides is 1. The van der Waals surface area contributed by atoms with Gasteiger partial charge in [-0.3, -0.25) is 9.52 Å². The summed E-state index contributed by atoms with van der Waals surface area (Å²) in [7, 11) is 0.172. The van der Waals surface area contributed by atoms with E-state index in [0.29, 0.717) is 45.2 Å². The van der Waals surface area contributed by atoms with Crippen molar-refractivity contribution >= 4 is 44.8 Å². The maximum atomic E-state index is 13.8. The van der Waals surface area contributed by atoms with Gasteiger partial charge in [0.15, 0.2) is 0 Å². The molecule has 0 aliphatic heterocycles. The topological polar surface area (TPSA) is 69.7 Å². The summed E-state index contributed by atoms with van der Waals surface area (Å²) in [6, 6.07) is 12.1. The highest BCUT2D eigenvalue weighted by Gasteiger charge is 2.26. The lowest BCUT2D eigenvalue weighted by Gasteiger charge is -2.34. The number of sulfonamides is 1. The van der Waals surface area contributed by atoms with Crippen LogP contribution in [-0.2, 0) is 16.6 Å². The van der Waals surface area contributed by atoms with Crippen molar-refractivity contribution in [3.63, 3.8) is 0 Å². The lowest BCUT2D eigenvalue weighted by atomic mass is 9.95. The Labute approximate surface area is 255 Å². The van der Waals surface area contributed by atoms with E-state index in [1.807, 2.05) is 54.8 Å². The number of likely N-dealkylation sites (N-methyl/N-ethyl adjacent to an activating group) is 1. The van der Waals surface area contributed by atoms with E-state index in [9.17, 15) is 13.2 Å². The van der Waals surface area contributed by atoms with Gasteiger partial charge in [0, 0.05) is 30.4 Å². The highest BCUT2D eigenvalue weighted by molar-refractivity contribution is 7.92. The Kier molecular flexibility index (Phi) is 10.6. The maximum Gasteiger partial charge on any atom is 0.262 e. The van der Waals surface area contributed by atoms with Crippen LogP contribution in [0.5, 0.6) is 0 Å². The van der Waals surface area contributed by atoms with Gasteiger partial charge in [0.1, 0.15) is 0 Å². The summed E-state index contributed by atoms with van der Waals surface area (Å²) in [5, 5.41) is 0.895. The van der Waals surface area contributed by atoms with Crippen molar-refractivity contribution in [1.82, 2.24) is 9.80 Å². The predicted octanol–water partition coefficient (Wildman–Crippen LogP) is 7.56. The summed E-state index contributed by atoms with van der Waals surface area (Å²) in [5.74, 6) is 0.154. The second-order valence-electron chi connectivity index (χ2n) is 11.3. The van der Waals surface area contributed by atoms with E-state index < -0.39 is 10.0 Å². The van der Waals surface area contributed by atoms with Crippen molar-refractivity contribution in [2.75, 3.05) is 25.4 Å². The van der Waals surface area contributed by atoms with Crippen LogP contribution in [0.1, 0.15) is 57.6 Å². The third kappa shape index (κ3) is 7.44. The minimum atomic E-state index is -3.84. The predicted molar refractivity (Wildman–Crippen MR) is 171 cm³/mol. The Morgan fingerprint density at radius 2 is 1.37 bits per heavy atom. The average Bonchev–Trinajstić information content (AvgIpc) is 2.90. The molecular formula is C32H41Cl2N3O3S. The van der Waals surface area contributed by atoms with Gasteiger partial charge >= 0.3 is 0 Å². The number of carbonyl (C=O) groups is 1. The van der Waals surface area contributed by atoms with E-state index in [-0.39, 0.29) is 11.9 Å². The smallest absolute Gasteiger partial charge is 0.262 e. The molecule has 6 nitrogen and oxygen atoms in total. The van der Waals surface area contributed by atoms with Crippen molar-refractivity contribution in [1.29, 1.82) is 0 Å². The molecular weight excluding hydrogens is 577 g/mol. The first kappa shape index (κ1) is 32.9. The van der Waals surface area contributed by atoms with Crippen LogP contribution in [0.3, 0.4) is 0 Å². The van der Waals surface area contributed by atoms with Crippen LogP contribution in [0.15, 0.2) is 47.4 Å². The number of carbonyl (C=O) groups excluding carboxylic acids is 1. The first-order valence-electron chi connectivity index (χ1n) is 13.6. The fourth-order valence-corrected chi connectivity index (χ4v) is 7.19. The van der Waals surface area contributed by atoms with Crippen LogP contribution in [0.25, 0.3) is 0 Å². The van der Waals surface area contributed by atoms with Gasteiger partial charge in [0.05, 0.1) is 14.9 Å². The highest BCUT2D eigenvalue weighted by atomic mass is 35.5. The number of hydrogen-bond donors (Lipinski definition) is 1. The van der Waals surface area contributed by atoms with E-state index in [0.717, 1.165) is 33.4 Å². The largest absolute Gasteiger partial charge is 0.333 e. The van der Waals surface area contributed by atoms with Crippen molar-refractivity contribution in [2.24, 2.45) is 5.92 Å². The fraction of sp³-hybridized carbons (Fsp3) is 0.406. The third-order valence-corrected chi connectivity index (χ3v) is 10.5. The zero-order valence-corrected chi connectivity index (χ0v) is 27.7. The highest BCUT2D eigenvalue weighted by Crippen LogP contribution is 2.31. The quantitative estimate of drug-likeness (QED) is 0.255. The molecule has 0 aromatic heterocycles. The first-order chi connectivity index (χ1) is 19.0. The van der Waals surface area contributed by atoms with E-state index in [4.69, 9.17) is 23.2 Å². The molecule has 222 valence electrons. The van der Waals surface area contributed by atoms with Gasteiger partial charge in [-0.05, 0) is 124 Å². The van der Waals surface area contributed by atoms with Gasteiger partial charge in [-0.1, -0.05) is 43.1 Å². The summed E-state index contributed by atoms with van der Waals surface area (Å²) in [4.78, 5) is 18.0. The van der Waals surface area contributed by atoms with Crippen LogP contribution in [0.2, 0.25) is 10.0 Å². The molecule has 1 amide bonds. The van der Waals surface area contributed by atoms with E-state index in [1.54, 1.807) is 41.3 Å². The summed E-state index contributed by atoms with van der Waals surface area (Å²) in [6.07, 6.45) is 0. The van der Waals surface area contributed by atoms with Crippen LogP contribution < -0.4 is 4.72 Å². The lowest BCUT2D eigenvalue weighted by Crippen LogP contribution is -2.45. The summed E-state index contributed by atoms with van der Waals surface area (Å²) >= 11 is 12.4. The Morgan fingerprint density at radius 3 is 1.85 bits per heavy atom. The van der Waals surface area contributed by atoms with Crippen LogP contribution in [0.4, 0.5) is 5.69 Å². The monoisotopic (exact) mass is 617 g/mol. The summed E-state index contributed by atoms with van der Waals surface area (Å²) in [5.41, 5.74) is 6.23. The van der Waals surface area contributed by atoms with Crippen LogP contribution in [0, 0.1) is 40.5 Å². The van der Waals surface area contributed by atoms with Gasteiger partial charge < -0.3 is 9.80 Å². The van der Waals surface area contributed by atoms with Crippen LogP contribution in [-0.4, -0.2) is 50.8 Å². The third-order valence-electron chi connectivity index (χ3n) is 8.07. The molecule has 1 unspecified atom stereocenters. The fourth-order valence-electron chi connectivity index (χ4n) is 5.21. The molecule has 3 aromatic carbocycles. The molecule has 0 spiro atoms. The zero-order valence-electron chi connectivity index (χ0n) is 25.4. The minimum absolute atomic E-state index is 0.126. The van der Waals surface area contributed by atoms with E-state index in [1.165, 1.54) is 0 Å². The molecule has 0 radical (unpaired) electrons. The minimum Gasteiger partial charge on any atom is -0.333 e. The number of nitrogens with one attached hydrogen (secondary N) is 1. The molecule has 0 saturated heterocycles. The molecule has 0 aliphatic rings. The van der Waals surface area contributed by atoms with Crippen molar-refractivity contribution in [2.45, 2.75) is 65.9 Å². The molecule has 9 heteroatoms. The lowest BCUT2D eigenvalue weighted by molar-refractivity contribution is 0.0664. The Balaban J connectivity index is 1.91. The molecule has 0 fully saturated rings. The molecule has 1 atom stereocenters. The zero-order chi connectivity index (χ0) is 30.8. The normalized spacial score (nSPS) is 12.6. The Hall–Kier alpha value is -2.58. The van der Waals surface area contributed by atoms with Gasteiger partial charge in [-0.25, -0.2) is 8.42 Å². The number of rotatable bonds is 10. The van der Waals surface area contributed by atoms with Crippen molar-refractivity contribution in [3.8, 4) is 0 Å². The number of benzene rings is 3. The molecule has 3 aromatic rings. The number of hydrogen-bond acceptors (Lipinski definition) is 4. The van der Waals surface area contributed by atoms with Gasteiger partial charge in [0.25, 0.3) is 15.9 Å². The number of anilines is 1. The molecule has 0 aliphatic carbocycles. The van der Waals surface area contributed by atoms with Crippen LogP contribution >= 0.6 is 23.2 Å². The van der Waals surface area contributed by atoms with E-state index >= 15 is 0 Å². The molecule has 0 heterocycles. The molecule has 3 rings (SSSR count). The van der Waals surface area contributed by atoms with Crippen molar-refractivity contribution < 1.29 is 13.2 Å². The maximum absolute atomic E-state index is 13.8. The molecule has 41 heavy (non-hydrogen) atoms. The van der Waals surface area contributed by atoms with Gasteiger partial charge in [-0.15, -0.1) is 0 Å². The summed E-state index contributed by atoms with van der Waals surface area (Å²) < 4.78 is 29.7. The second kappa shape index (κ2) is 13.2. The van der Waals surface area contributed by atoms with Gasteiger partial charge in [-0.2, -0.15) is 0 Å². The summed E-state index contributed by atoms with van der Waals surface area (Å²) in [6.45, 7) is 14.7. The average molecular weight is 619 g/mol. The Bertz CT molecular complexity index is 1500. The van der Waals surface area contributed by atoms with Crippen molar-refractivity contribution in [3.05, 3.63) is 91.5 Å². The molecule has 1 N–H and O–H groups in total. The number of halogens is 2. The SMILES string of the molecule is Cc1c(C)c(C)c(S(=O)(=O)Nc2ccc(C(=O)N(Cc3ccc(Cl)c(Cl)c3)CC(C(C)C)N(C)C)cc2)c(C)c1C. The second-order valence-corrected chi connectivity index (χ2v) is 13.8. The molecule has 0 saturated carbocycles.